The zero-order chi connectivity index (χ0) is 20.4. The number of amides is 2. The minimum atomic E-state index is -0.745. The largest absolute Gasteiger partial charge is 0.340 e. The molecule has 146 valence electrons. The van der Waals surface area contributed by atoms with Gasteiger partial charge in [0.05, 0.1) is 15.5 Å². The van der Waals surface area contributed by atoms with E-state index in [0.717, 1.165) is 23.7 Å². The van der Waals surface area contributed by atoms with E-state index in [-0.39, 0.29) is 28.1 Å². The molecule has 1 aliphatic rings. The van der Waals surface area contributed by atoms with Crippen molar-refractivity contribution in [2.24, 2.45) is 5.92 Å². The Morgan fingerprint density at radius 1 is 1.21 bits per heavy atom. The van der Waals surface area contributed by atoms with Crippen LogP contribution < -0.4 is 10.2 Å². The number of fused-ring (bicyclic) bond motifs is 1. The summed E-state index contributed by atoms with van der Waals surface area (Å²) >= 11 is 6.04. The summed E-state index contributed by atoms with van der Waals surface area (Å²) in [5.41, 5.74) is 1.85. The second-order valence-corrected chi connectivity index (χ2v) is 7.39. The average Bonchev–Trinajstić information content (AvgIpc) is 3.09. The smallest absolute Gasteiger partial charge is 0.270 e. The van der Waals surface area contributed by atoms with Gasteiger partial charge in [-0.3, -0.25) is 19.7 Å². The Morgan fingerprint density at radius 3 is 2.57 bits per heavy atom. The first-order valence-electron chi connectivity index (χ1n) is 8.93. The molecule has 2 amide bonds. The third-order valence-corrected chi connectivity index (χ3v) is 5.09. The van der Waals surface area contributed by atoms with Crippen LogP contribution in [0.1, 0.15) is 29.8 Å². The number of benzene rings is 2. The Bertz CT molecular complexity index is 945. The Morgan fingerprint density at radius 2 is 1.93 bits per heavy atom. The highest BCUT2D eigenvalue weighted by Gasteiger charge is 2.33. The normalized spacial score (nSPS) is 13.9. The molecule has 2 aromatic carbocycles. The van der Waals surface area contributed by atoms with Crippen molar-refractivity contribution in [1.29, 1.82) is 0 Å². The molecular formula is C20H20ClN3O4. The second kappa shape index (κ2) is 7.98. The van der Waals surface area contributed by atoms with Gasteiger partial charge < -0.3 is 10.2 Å². The van der Waals surface area contributed by atoms with Crippen molar-refractivity contribution in [2.75, 3.05) is 11.4 Å². The third-order valence-electron chi connectivity index (χ3n) is 4.78. The molecule has 0 bridgehead atoms. The van der Waals surface area contributed by atoms with Crippen LogP contribution in [-0.2, 0) is 11.2 Å². The number of carbonyl (C=O) groups is 2. The lowest BCUT2D eigenvalue weighted by Gasteiger charge is -2.27. The van der Waals surface area contributed by atoms with Crippen molar-refractivity contribution in [1.82, 2.24) is 5.32 Å². The highest BCUT2D eigenvalue weighted by molar-refractivity contribution is 6.34. The third kappa shape index (κ3) is 3.84. The van der Waals surface area contributed by atoms with Crippen molar-refractivity contribution < 1.29 is 14.5 Å². The van der Waals surface area contributed by atoms with Gasteiger partial charge >= 0.3 is 0 Å². The first kappa shape index (κ1) is 19.8. The fraction of sp³-hybridized carbons (Fsp3) is 0.300. The molecule has 8 heteroatoms. The maximum absolute atomic E-state index is 13.1. The van der Waals surface area contributed by atoms with Crippen molar-refractivity contribution >= 4 is 34.8 Å². The lowest BCUT2D eigenvalue weighted by atomic mass is 10.0. The molecule has 1 N–H and O–H groups in total. The minimum Gasteiger partial charge on any atom is -0.340 e. The zero-order valence-electron chi connectivity index (χ0n) is 15.5. The molecule has 1 aliphatic heterocycles. The molecule has 1 atom stereocenters. The van der Waals surface area contributed by atoms with E-state index in [2.05, 4.69) is 5.32 Å². The fourth-order valence-electron chi connectivity index (χ4n) is 3.27. The summed E-state index contributed by atoms with van der Waals surface area (Å²) in [6.45, 7) is 4.26. The van der Waals surface area contributed by atoms with Crippen LogP contribution in [-0.4, -0.2) is 29.3 Å². The molecule has 1 unspecified atom stereocenters. The van der Waals surface area contributed by atoms with Gasteiger partial charge in [-0.15, -0.1) is 0 Å². The second-order valence-electron chi connectivity index (χ2n) is 6.98. The monoisotopic (exact) mass is 401 g/mol. The van der Waals surface area contributed by atoms with Crippen molar-refractivity contribution in [3.63, 3.8) is 0 Å². The van der Waals surface area contributed by atoms with E-state index in [4.69, 9.17) is 11.6 Å². The van der Waals surface area contributed by atoms with Gasteiger partial charge in [0.2, 0.25) is 5.91 Å². The van der Waals surface area contributed by atoms with E-state index in [9.17, 15) is 19.7 Å². The van der Waals surface area contributed by atoms with Crippen LogP contribution in [0, 0.1) is 16.0 Å². The van der Waals surface area contributed by atoms with E-state index in [1.807, 2.05) is 38.1 Å². The van der Waals surface area contributed by atoms with Gasteiger partial charge in [-0.1, -0.05) is 43.6 Å². The zero-order valence-corrected chi connectivity index (χ0v) is 16.3. The van der Waals surface area contributed by atoms with Gasteiger partial charge in [-0.05, 0) is 30.0 Å². The van der Waals surface area contributed by atoms with Gasteiger partial charge in [-0.25, -0.2) is 0 Å². The van der Waals surface area contributed by atoms with Crippen LogP contribution in [0.2, 0.25) is 5.02 Å². The quantitative estimate of drug-likeness (QED) is 0.612. The van der Waals surface area contributed by atoms with Gasteiger partial charge in [-0.2, -0.15) is 0 Å². The molecule has 1 heterocycles. The van der Waals surface area contributed by atoms with Crippen molar-refractivity contribution in [3.05, 3.63) is 68.7 Å². The Kier molecular flexibility index (Phi) is 5.65. The predicted octanol–water partition coefficient (Wildman–Crippen LogP) is 3.59. The Balaban J connectivity index is 1.81. The van der Waals surface area contributed by atoms with Crippen LogP contribution in [0.15, 0.2) is 42.5 Å². The number of nitro benzene ring substituents is 1. The summed E-state index contributed by atoms with van der Waals surface area (Å²) in [6.07, 6.45) is 0.773. The fourth-order valence-corrected chi connectivity index (χ4v) is 3.53. The van der Waals surface area contributed by atoms with Crippen LogP contribution >= 0.6 is 11.6 Å². The molecule has 0 radical (unpaired) electrons. The number of para-hydroxylation sites is 1. The SMILES string of the molecule is CC(C)C(NC(=O)c1ccc([N+](=O)[O-])cc1Cl)C(=O)N1CCc2ccccc21. The molecule has 0 aromatic heterocycles. The molecule has 2 aromatic rings. The van der Waals surface area contributed by atoms with Crippen LogP contribution in [0.5, 0.6) is 0 Å². The number of carbonyl (C=O) groups excluding carboxylic acids is 2. The lowest BCUT2D eigenvalue weighted by molar-refractivity contribution is -0.384. The van der Waals surface area contributed by atoms with E-state index >= 15 is 0 Å². The Hall–Kier alpha value is -2.93. The van der Waals surface area contributed by atoms with E-state index in [0.29, 0.717) is 6.54 Å². The van der Waals surface area contributed by atoms with Gasteiger partial charge in [0.25, 0.3) is 11.6 Å². The maximum Gasteiger partial charge on any atom is 0.270 e. The predicted molar refractivity (Wildman–Crippen MR) is 107 cm³/mol. The van der Waals surface area contributed by atoms with Crippen LogP contribution in [0.25, 0.3) is 0 Å². The average molecular weight is 402 g/mol. The number of nitrogens with zero attached hydrogens (tertiary/aromatic N) is 2. The van der Waals surface area contributed by atoms with Crippen LogP contribution in [0.3, 0.4) is 0 Å². The number of rotatable bonds is 5. The topological polar surface area (TPSA) is 92.5 Å². The number of halogens is 1. The minimum absolute atomic E-state index is 0.0341. The molecule has 0 saturated carbocycles. The number of hydrogen-bond acceptors (Lipinski definition) is 4. The first-order valence-corrected chi connectivity index (χ1v) is 9.31. The van der Waals surface area contributed by atoms with Crippen molar-refractivity contribution in [3.8, 4) is 0 Å². The molecule has 0 aliphatic carbocycles. The summed E-state index contributed by atoms with van der Waals surface area (Å²) in [7, 11) is 0. The standard InChI is InChI=1S/C20H20ClN3O4/c1-12(2)18(20(26)23-10-9-13-5-3-4-6-17(13)23)22-19(25)15-8-7-14(24(27)28)11-16(15)21/h3-8,11-12,18H,9-10H2,1-2H3,(H,22,25). The van der Waals surface area contributed by atoms with Gasteiger partial charge in [0.15, 0.2) is 0 Å². The lowest BCUT2D eigenvalue weighted by Crippen LogP contribution is -2.51. The summed E-state index contributed by atoms with van der Waals surface area (Å²) in [6, 6.07) is 10.6. The molecule has 7 nitrogen and oxygen atoms in total. The molecule has 28 heavy (non-hydrogen) atoms. The Labute approximate surface area is 167 Å². The molecule has 0 fully saturated rings. The summed E-state index contributed by atoms with van der Waals surface area (Å²) in [5.74, 6) is -0.883. The highest BCUT2D eigenvalue weighted by atomic mass is 35.5. The maximum atomic E-state index is 13.1. The van der Waals surface area contributed by atoms with Crippen molar-refractivity contribution in [2.45, 2.75) is 26.3 Å². The highest BCUT2D eigenvalue weighted by Crippen LogP contribution is 2.29. The molecule has 0 saturated heterocycles. The van der Waals surface area contributed by atoms with Gasteiger partial charge in [0.1, 0.15) is 6.04 Å². The summed E-state index contributed by atoms with van der Waals surface area (Å²) in [4.78, 5) is 37.8. The molecule has 3 rings (SSSR count). The van der Waals surface area contributed by atoms with E-state index in [1.54, 1.807) is 4.90 Å². The van der Waals surface area contributed by atoms with Crippen LogP contribution in [0.4, 0.5) is 11.4 Å². The number of anilines is 1. The number of non-ortho nitro benzene ring substituents is 1. The number of hydrogen-bond donors (Lipinski definition) is 1. The van der Waals surface area contributed by atoms with Gasteiger partial charge in [0, 0.05) is 24.4 Å². The first-order chi connectivity index (χ1) is 13.3. The number of nitro groups is 1. The number of nitrogens with one attached hydrogen (secondary N) is 1. The summed E-state index contributed by atoms with van der Waals surface area (Å²) < 4.78 is 0. The van der Waals surface area contributed by atoms with E-state index < -0.39 is 16.9 Å². The summed E-state index contributed by atoms with van der Waals surface area (Å²) in [5, 5.41) is 13.5. The molecule has 0 spiro atoms. The van der Waals surface area contributed by atoms with E-state index in [1.165, 1.54) is 12.1 Å². The molecular weight excluding hydrogens is 382 g/mol.